The molecule has 0 spiro atoms. The Kier molecular flexibility index (Phi) is 4.50. The lowest BCUT2D eigenvalue weighted by molar-refractivity contribution is -0.142. The van der Waals surface area contributed by atoms with E-state index in [1.165, 1.54) is 0 Å². The van der Waals surface area contributed by atoms with Crippen molar-refractivity contribution in [2.75, 3.05) is 6.54 Å². The van der Waals surface area contributed by atoms with E-state index in [1.807, 2.05) is 30.3 Å². The Morgan fingerprint density at radius 2 is 2.07 bits per heavy atom. The normalized spacial score (nSPS) is 11.2. The zero-order chi connectivity index (χ0) is 11.1. The summed E-state index contributed by atoms with van der Waals surface area (Å²) < 4.78 is 0. The second-order valence-electron chi connectivity index (χ2n) is 3.16. The van der Waals surface area contributed by atoms with E-state index in [2.05, 4.69) is 9.99 Å². The number of oxime groups is 1. The van der Waals surface area contributed by atoms with E-state index < -0.39 is 0 Å². The molecular formula is C11H14N2O2. The van der Waals surface area contributed by atoms with Crippen molar-refractivity contribution in [2.45, 2.75) is 13.3 Å². The molecule has 0 saturated heterocycles. The predicted octanol–water partition coefficient (Wildman–Crippen LogP) is 1.11. The minimum Gasteiger partial charge on any atom is -0.325 e. The summed E-state index contributed by atoms with van der Waals surface area (Å²) in [5, 5.41) is 3.58. The fraction of sp³-hybridized carbons (Fsp3) is 0.273. The third-order valence-electron chi connectivity index (χ3n) is 1.79. The van der Waals surface area contributed by atoms with Crippen LogP contribution in [0.2, 0.25) is 0 Å². The molecule has 1 rings (SSSR count). The molecule has 0 aromatic heterocycles. The number of hydrogen-bond donors (Lipinski definition) is 1. The van der Waals surface area contributed by atoms with Gasteiger partial charge in [-0.25, -0.2) is 4.79 Å². The molecule has 1 aromatic rings. The first kappa shape index (κ1) is 11.4. The smallest absolute Gasteiger partial charge is 0.325 e. The van der Waals surface area contributed by atoms with Crippen LogP contribution in [0.5, 0.6) is 0 Å². The molecule has 0 aliphatic heterocycles. The van der Waals surface area contributed by atoms with Crippen molar-refractivity contribution < 1.29 is 9.63 Å². The van der Waals surface area contributed by atoms with Crippen LogP contribution in [0.3, 0.4) is 0 Å². The number of nitrogens with zero attached hydrogens (tertiary/aromatic N) is 1. The molecule has 1 aromatic carbocycles. The molecule has 0 aliphatic rings. The zero-order valence-corrected chi connectivity index (χ0v) is 8.64. The third kappa shape index (κ3) is 4.37. The fourth-order valence-corrected chi connectivity index (χ4v) is 0.961. The number of hydrogen-bond acceptors (Lipinski definition) is 4. The maximum atomic E-state index is 11.3. The molecule has 0 bridgehead atoms. The molecule has 0 aliphatic carbocycles. The van der Waals surface area contributed by atoms with Gasteiger partial charge >= 0.3 is 5.97 Å². The molecule has 0 atom stereocenters. The summed E-state index contributed by atoms with van der Waals surface area (Å²) in [6.07, 6.45) is 0.224. The Morgan fingerprint density at radius 1 is 1.40 bits per heavy atom. The predicted molar refractivity (Wildman–Crippen MR) is 58.4 cm³/mol. The molecule has 2 N–H and O–H groups in total. The van der Waals surface area contributed by atoms with Crippen LogP contribution in [0, 0.1) is 0 Å². The van der Waals surface area contributed by atoms with Crippen LogP contribution in [0.4, 0.5) is 0 Å². The lowest BCUT2D eigenvalue weighted by atomic mass is 10.2. The SMILES string of the molecule is C/C(CN)=N/OC(=O)Cc1ccccc1. The van der Waals surface area contributed by atoms with Gasteiger partial charge in [-0.2, -0.15) is 0 Å². The van der Waals surface area contributed by atoms with E-state index in [9.17, 15) is 4.79 Å². The number of carbonyl (C=O) groups excluding carboxylic acids is 1. The van der Waals surface area contributed by atoms with Crippen molar-refractivity contribution >= 4 is 11.7 Å². The number of nitrogens with two attached hydrogens (primary N) is 1. The first-order chi connectivity index (χ1) is 7.22. The number of rotatable bonds is 4. The van der Waals surface area contributed by atoms with E-state index in [4.69, 9.17) is 5.73 Å². The Bertz CT molecular complexity index is 347. The zero-order valence-electron chi connectivity index (χ0n) is 8.64. The topological polar surface area (TPSA) is 64.7 Å². The van der Waals surface area contributed by atoms with Gasteiger partial charge in [0.15, 0.2) is 0 Å². The molecule has 0 fully saturated rings. The van der Waals surface area contributed by atoms with E-state index in [1.54, 1.807) is 6.92 Å². The van der Waals surface area contributed by atoms with E-state index in [0.717, 1.165) is 5.56 Å². The highest BCUT2D eigenvalue weighted by atomic mass is 16.7. The molecule has 0 radical (unpaired) electrons. The van der Waals surface area contributed by atoms with Crippen LogP contribution in [0.15, 0.2) is 35.5 Å². The van der Waals surface area contributed by atoms with Gasteiger partial charge in [0.05, 0.1) is 12.1 Å². The van der Waals surface area contributed by atoms with Crippen molar-refractivity contribution in [1.82, 2.24) is 0 Å². The van der Waals surface area contributed by atoms with Crippen molar-refractivity contribution in [1.29, 1.82) is 0 Å². The van der Waals surface area contributed by atoms with Gasteiger partial charge in [-0.15, -0.1) is 0 Å². The number of carbonyl (C=O) groups is 1. The van der Waals surface area contributed by atoms with Gasteiger partial charge < -0.3 is 10.6 Å². The first-order valence-corrected chi connectivity index (χ1v) is 4.69. The van der Waals surface area contributed by atoms with Crippen LogP contribution >= 0.6 is 0 Å². The van der Waals surface area contributed by atoms with Crippen molar-refractivity contribution in [3.05, 3.63) is 35.9 Å². The van der Waals surface area contributed by atoms with Gasteiger partial charge in [0, 0.05) is 6.54 Å². The summed E-state index contributed by atoms with van der Waals surface area (Å²) in [5.74, 6) is -0.381. The van der Waals surface area contributed by atoms with Crippen LogP contribution in [-0.4, -0.2) is 18.2 Å². The Labute approximate surface area is 88.7 Å². The quantitative estimate of drug-likeness (QED) is 0.456. The second-order valence-corrected chi connectivity index (χ2v) is 3.16. The summed E-state index contributed by atoms with van der Waals surface area (Å²) in [6, 6.07) is 9.36. The summed E-state index contributed by atoms with van der Waals surface area (Å²) in [6.45, 7) is 1.99. The standard InChI is InChI=1S/C11H14N2O2/c1-9(8-12)13-15-11(14)7-10-5-3-2-4-6-10/h2-6H,7-8,12H2,1H3/b13-9-. The molecule has 4 nitrogen and oxygen atoms in total. The summed E-state index contributed by atoms with van der Waals surface area (Å²) >= 11 is 0. The van der Waals surface area contributed by atoms with Crippen LogP contribution in [0.1, 0.15) is 12.5 Å². The van der Waals surface area contributed by atoms with E-state index in [-0.39, 0.29) is 12.4 Å². The van der Waals surface area contributed by atoms with Gasteiger partial charge in [-0.3, -0.25) is 0 Å². The second kappa shape index (κ2) is 5.93. The average Bonchev–Trinajstić information content (AvgIpc) is 2.27. The third-order valence-corrected chi connectivity index (χ3v) is 1.79. The molecule has 0 saturated carbocycles. The van der Waals surface area contributed by atoms with Crippen LogP contribution in [-0.2, 0) is 16.1 Å². The molecule has 4 heteroatoms. The largest absolute Gasteiger partial charge is 0.339 e. The fourth-order valence-electron chi connectivity index (χ4n) is 0.961. The van der Waals surface area contributed by atoms with E-state index >= 15 is 0 Å². The summed E-state index contributed by atoms with van der Waals surface area (Å²) in [4.78, 5) is 15.9. The van der Waals surface area contributed by atoms with Gasteiger partial charge in [0.25, 0.3) is 0 Å². The van der Waals surface area contributed by atoms with Crippen molar-refractivity contribution in [3.8, 4) is 0 Å². The minimum absolute atomic E-state index is 0.224. The molecule has 0 heterocycles. The lowest BCUT2D eigenvalue weighted by Crippen LogP contribution is -2.12. The molecule has 15 heavy (non-hydrogen) atoms. The van der Waals surface area contributed by atoms with Gasteiger partial charge in [0.1, 0.15) is 0 Å². The van der Waals surface area contributed by atoms with Crippen molar-refractivity contribution in [3.63, 3.8) is 0 Å². The highest BCUT2D eigenvalue weighted by molar-refractivity contribution is 5.84. The van der Waals surface area contributed by atoms with Gasteiger partial charge in [-0.05, 0) is 12.5 Å². The maximum absolute atomic E-state index is 11.3. The Morgan fingerprint density at radius 3 is 2.67 bits per heavy atom. The highest BCUT2D eigenvalue weighted by Gasteiger charge is 2.03. The maximum Gasteiger partial charge on any atom is 0.339 e. The van der Waals surface area contributed by atoms with Gasteiger partial charge in [0.2, 0.25) is 0 Å². The molecule has 80 valence electrons. The summed E-state index contributed by atoms with van der Waals surface area (Å²) in [7, 11) is 0. The van der Waals surface area contributed by atoms with E-state index in [0.29, 0.717) is 12.3 Å². The average molecular weight is 206 g/mol. The minimum atomic E-state index is -0.381. The first-order valence-electron chi connectivity index (χ1n) is 4.69. The Balaban J connectivity index is 2.44. The lowest BCUT2D eigenvalue weighted by Gasteiger charge is -1.99. The molecular weight excluding hydrogens is 192 g/mol. The van der Waals surface area contributed by atoms with Crippen molar-refractivity contribution in [2.24, 2.45) is 10.9 Å². The highest BCUT2D eigenvalue weighted by Crippen LogP contribution is 2.00. The molecule has 0 unspecified atom stereocenters. The molecule has 0 amide bonds. The van der Waals surface area contributed by atoms with Crippen LogP contribution < -0.4 is 5.73 Å². The monoisotopic (exact) mass is 206 g/mol. The summed E-state index contributed by atoms with van der Waals surface area (Å²) in [5.41, 5.74) is 6.79. The number of benzene rings is 1. The van der Waals surface area contributed by atoms with Crippen LogP contribution in [0.25, 0.3) is 0 Å². The Hall–Kier alpha value is -1.68. The van der Waals surface area contributed by atoms with Gasteiger partial charge in [-0.1, -0.05) is 35.5 Å².